The Morgan fingerprint density at radius 2 is 2.14 bits per heavy atom. The van der Waals surface area contributed by atoms with Crippen LogP contribution < -0.4 is 5.32 Å². The van der Waals surface area contributed by atoms with Crippen LogP contribution in [0.5, 0.6) is 0 Å². The first-order valence-electron chi connectivity index (χ1n) is 6.89. The summed E-state index contributed by atoms with van der Waals surface area (Å²) in [6, 6.07) is 9.31. The molecule has 0 aliphatic rings. The van der Waals surface area contributed by atoms with Gasteiger partial charge in [-0.25, -0.2) is 4.68 Å². The molecule has 0 bridgehead atoms. The number of hydrogen-bond donors (Lipinski definition) is 1. The molecule has 0 spiro atoms. The number of hydrogen-bond acceptors (Lipinski definition) is 4. The maximum absolute atomic E-state index is 12.3. The third kappa shape index (κ3) is 3.01. The molecule has 3 rings (SSSR count). The lowest BCUT2D eigenvalue weighted by Gasteiger charge is -2.03. The average molecular weight is 293 g/mol. The molecular weight excluding hydrogens is 278 g/mol. The Labute approximate surface area is 127 Å². The third-order valence-electron chi connectivity index (χ3n) is 3.21. The molecule has 110 valence electrons. The van der Waals surface area contributed by atoms with Crippen molar-refractivity contribution in [1.29, 1.82) is 0 Å². The van der Waals surface area contributed by atoms with Crippen LogP contribution >= 0.6 is 0 Å². The van der Waals surface area contributed by atoms with Gasteiger partial charge in [-0.3, -0.25) is 14.8 Å². The van der Waals surface area contributed by atoms with Crippen molar-refractivity contribution in [2.24, 2.45) is 0 Å². The van der Waals surface area contributed by atoms with Crippen molar-refractivity contribution >= 4 is 5.91 Å². The minimum absolute atomic E-state index is 0.168. The number of carbonyl (C=O) groups excluding carboxylic acids is 1. The maximum atomic E-state index is 12.3. The molecule has 0 atom stereocenters. The van der Waals surface area contributed by atoms with Gasteiger partial charge in [0, 0.05) is 18.6 Å². The lowest BCUT2D eigenvalue weighted by Crippen LogP contribution is -2.23. The number of aryl methyl sites for hydroxylation is 1. The van der Waals surface area contributed by atoms with E-state index >= 15 is 0 Å². The zero-order valence-electron chi connectivity index (χ0n) is 12.1. The summed E-state index contributed by atoms with van der Waals surface area (Å²) < 4.78 is 1.65. The molecule has 6 heteroatoms. The monoisotopic (exact) mass is 293 g/mol. The highest BCUT2D eigenvalue weighted by Crippen LogP contribution is 2.11. The number of amides is 1. The fourth-order valence-electron chi connectivity index (χ4n) is 2.07. The number of nitrogens with zero attached hydrogens (tertiary/aromatic N) is 4. The van der Waals surface area contributed by atoms with E-state index in [4.69, 9.17) is 0 Å². The Balaban J connectivity index is 1.74. The van der Waals surface area contributed by atoms with Gasteiger partial charge in [0.25, 0.3) is 5.91 Å². The predicted molar refractivity (Wildman–Crippen MR) is 81.5 cm³/mol. The van der Waals surface area contributed by atoms with Gasteiger partial charge in [-0.15, -0.1) is 0 Å². The highest BCUT2D eigenvalue weighted by Gasteiger charge is 2.14. The van der Waals surface area contributed by atoms with Crippen molar-refractivity contribution in [3.63, 3.8) is 0 Å². The first-order valence-corrected chi connectivity index (χ1v) is 6.89. The lowest BCUT2D eigenvalue weighted by atomic mass is 10.2. The Morgan fingerprint density at radius 3 is 2.86 bits per heavy atom. The van der Waals surface area contributed by atoms with Crippen LogP contribution in [0.2, 0.25) is 0 Å². The van der Waals surface area contributed by atoms with Crippen molar-refractivity contribution in [3.05, 3.63) is 72.1 Å². The van der Waals surface area contributed by atoms with E-state index in [1.165, 1.54) is 0 Å². The van der Waals surface area contributed by atoms with Crippen molar-refractivity contribution in [2.75, 3.05) is 0 Å². The summed E-state index contributed by atoms with van der Waals surface area (Å²) in [6.45, 7) is 2.19. The molecule has 6 nitrogen and oxygen atoms in total. The molecule has 3 aromatic heterocycles. The van der Waals surface area contributed by atoms with Crippen LogP contribution in [0.3, 0.4) is 0 Å². The summed E-state index contributed by atoms with van der Waals surface area (Å²) in [4.78, 5) is 20.5. The normalized spacial score (nSPS) is 10.4. The molecule has 1 amide bonds. The summed E-state index contributed by atoms with van der Waals surface area (Å²) in [5.41, 5.74) is 2.84. The molecule has 0 fully saturated rings. The SMILES string of the molecule is Cc1nn(-c2cccnc2)cc1C(=O)NCc1ccccn1. The van der Waals surface area contributed by atoms with Crippen LogP contribution in [-0.2, 0) is 6.54 Å². The predicted octanol–water partition coefficient (Wildman–Crippen LogP) is 1.90. The third-order valence-corrected chi connectivity index (χ3v) is 3.21. The average Bonchev–Trinajstić information content (AvgIpc) is 2.96. The highest BCUT2D eigenvalue weighted by molar-refractivity contribution is 5.95. The van der Waals surface area contributed by atoms with E-state index in [0.717, 1.165) is 11.4 Å². The minimum Gasteiger partial charge on any atom is -0.346 e. The number of nitrogens with one attached hydrogen (secondary N) is 1. The summed E-state index contributed by atoms with van der Waals surface area (Å²) in [5.74, 6) is -0.168. The van der Waals surface area contributed by atoms with Gasteiger partial charge in [-0.2, -0.15) is 5.10 Å². The molecule has 0 aliphatic carbocycles. The van der Waals surface area contributed by atoms with Crippen LogP contribution in [0.4, 0.5) is 0 Å². The van der Waals surface area contributed by atoms with E-state index in [-0.39, 0.29) is 5.91 Å². The fourth-order valence-corrected chi connectivity index (χ4v) is 2.07. The summed E-state index contributed by atoms with van der Waals surface area (Å²) in [7, 11) is 0. The molecule has 0 aromatic carbocycles. The first kappa shape index (κ1) is 13.9. The summed E-state index contributed by atoms with van der Waals surface area (Å²) in [6.07, 6.45) is 6.80. The van der Waals surface area contributed by atoms with Gasteiger partial charge in [0.2, 0.25) is 0 Å². The van der Waals surface area contributed by atoms with Gasteiger partial charge in [-0.1, -0.05) is 6.07 Å². The van der Waals surface area contributed by atoms with Crippen molar-refractivity contribution in [2.45, 2.75) is 13.5 Å². The van der Waals surface area contributed by atoms with E-state index in [2.05, 4.69) is 20.4 Å². The Bertz CT molecular complexity index is 768. The van der Waals surface area contributed by atoms with Gasteiger partial charge in [0.05, 0.1) is 35.4 Å². The van der Waals surface area contributed by atoms with E-state index < -0.39 is 0 Å². The lowest BCUT2D eigenvalue weighted by molar-refractivity contribution is 0.0950. The number of rotatable bonds is 4. The smallest absolute Gasteiger partial charge is 0.255 e. The minimum atomic E-state index is -0.168. The van der Waals surface area contributed by atoms with Crippen molar-refractivity contribution in [3.8, 4) is 5.69 Å². The second kappa shape index (κ2) is 6.17. The molecule has 3 heterocycles. The molecule has 0 aliphatic heterocycles. The van der Waals surface area contributed by atoms with Gasteiger partial charge >= 0.3 is 0 Å². The van der Waals surface area contributed by atoms with E-state index in [1.807, 2.05) is 37.3 Å². The van der Waals surface area contributed by atoms with Gasteiger partial charge in [0.15, 0.2) is 0 Å². The van der Waals surface area contributed by atoms with E-state index in [0.29, 0.717) is 17.8 Å². The zero-order valence-corrected chi connectivity index (χ0v) is 12.1. The molecule has 1 N–H and O–H groups in total. The Hall–Kier alpha value is -3.02. The molecule has 0 unspecified atom stereocenters. The first-order chi connectivity index (χ1) is 10.7. The van der Waals surface area contributed by atoms with Crippen molar-refractivity contribution in [1.82, 2.24) is 25.1 Å². The standard InChI is InChI=1S/C16H15N5O/c1-12-15(11-21(20-12)14-6-4-7-17-10-14)16(22)19-9-13-5-2-3-8-18-13/h2-8,10-11H,9H2,1H3,(H,19,22). The number of carbonyl (C=O) groups is 1. The molecule has 22 heavy (non-hydrogen) atoms. The van der Waals surface area contributed by atoms with Crippen LogP contribution in [0.15, 0.2) is 55.1 Å². The molecule has 0 radical (unpaired) electrons. The quantitative estimate of drug-likeness (QED) is 0.797. The molecule has 3 aromatic rings. The Kier molecular flexibility index (Phi) is 3.91. The second-order valence-electron chi connectivity index (χ2n) is 4.79. The molecule has 0 saturated carbocycles. The van der Waals surface area contributed by atoms with E-state index in [1.54, 1.807) is 29.5 Å². The Morgan fingerprint density at radius 1 is 1.23 bits per heavy atom. The van der Waals surface area contributed by atoms with Crippen LogP contribution in [0.25, 0.3) is 5.69 Å². The zero-order chi connectivity index (χ0) is 15.4. The summed E-state index contributed by atoms with van der Waals surface area (Å²) in [5, 5.41) is 7.21. The number of aromatic nitrogens is 4. The highest BCUT2D eigenvalue weighted by atomic mass is 16.1. The molecule has 0 saturated heterocycles. The maximum Gasteiger partial charge on any atom is 0.255 e. The van der Waals surface area contributed by atoms with Crippen LogP contribution in [0, 0.1) is 6.92 Å². The fraction of sp³-hybridized carbons (Fsp3) is 0.125. The van der Waals surface area contributed by atoms with Gasteiger partial charge < -0.3 is 5.32 Å². The van der Waals surface area contributed by atoms with Gasteiger partial charge in [0.1, 0.15) is 0 Å². The van der Waals surface area contributed by atoms with Crippen molar-refractivity contribution < 1.29 is 4.79 Å². The van der Waals surface area contributed by atoms with Crippen LogP contribution in [0.1, 0.15) is 21.7 Å². The topological polar surface area (TPSA) is 72.7 Å². The van der Waals surface area contributed by atoms with Gasteiger partial charge in [-0.05, 0) is 31.2 Å². The largest absolute Gasteiger partial charge is 0.346 e. The number of pyridine rings is 2. The molecular formula is C16H15N5O. The second-order valence-corrected chi connectivity index (χ2v) is 4.79. The van der Waals surface area contributed by atoms with E-state index in [9.17, 15) is 4.79 Å². The summed E-state index contributed by atoms with van der Waals surface area (Å²) >= 11 is 0. The van der Waals surface area contributed by atoms with Crippen LogP contribution in [-0.4, -0.2) is 25.7 Å².